The molecule has 1 heterocycles. The first kappa shape index (κ1) is 25.6. The summed E-state index contributed by atoms with van der Waals surface area (Å²) in [5.74, 6) is -2.29. The highest BCUT2D eigenvalue weighted by Crippen LogP contribution is 2.46. The van der Waals surface area contributed by atoms with Crippen molar-refractivity contribution >= 4 is 34.4 Å². The number of carbonyl (C=O) groups excluding carboxylic acids is 4. The molecule has 3 amide bonds. The first-order valence-electron chi connectivity index (χ1n) is 12.6. The third-order valence-electron chi connectivity index (χ3n) is 6.68. The number of amides is 3. The second-order valence-corrected chi connectivity index (χ2v) is 9.34. The van der Waals surface area contributed by atoms with Crippen LogP contribution in [-0.2, 0) is 21.7 Å². The summed E-state index contributed by atoms with van der Waals surface area (Å²) < 4.78 is 1.14. The Morgan fingerprint density at radius 3 is 2.38 bits per heavy atom. The smallest absolute Gasteiger partial charge is 0.309 e. The van der Waals surface area contributed by atoms with Gasteiger partial charge in [0.25, 0.3) is 11.8 Å². The molecule has 9 heteroatoms. The Bertz CT molecular complexity index is 1570. The molecule has 5 rings (SSSR count). The number of hydrogen-bond donors (Lipinski definition) is 3. The summed E-state index contributed by atoms with van der Waals surface area (Å²) in [5.41, 5.74) is 1.68. The van der Waals surface area contributed by atoms with Crippen molar-refractivity contribution in [3.63, 3.8) is 0 Å². The van der Waals surface area contributed by atoms with Gasteiger partial charge < -0.3 is 16.0 Å². The van der Waals surface area contributed by atoms with Crippen molar-refractivity contribution in [2.75, 3.05) is 6.54 Å². The Hall–Kier alpha value is -5.05. The Kier molecular flexibility index (Phi) is 7.31. The Labute approximate surface area is 224 Å². The van der Waals surface area contributed by atoms with Gasteiger partial charge in [-0.25, -0.2) is 4.68 Å². The first-order valence-corrected chi connectivity index (χ1v) is 12.6. The van der Waals surface area contributed by atoms with E-state index in [0.717, 1.165) is 33.9 Å². The highest BCUT2D eigenvalue weighted by molar-refractivity contribution is 6.35. The van der Waals surface area contributed by atoms with Gasteiger partial charge in [-0.15, -0.1) is 0 Å². The van der Waals surface area contributed by atoms with Gasteiger partial charge in [0.05, 0.1) is 5.54 Å². The summed E-state index contributed by atoms with van der Waals surface area (Å²) in [6, 6.07) is 23.0. The number of allylic oxidation sites excluding steroid dienone is 1. The maximum atomic E-state index is 13.3. The predicted molar refractivity (Wildman–Crippen MR) is 146 cm³/mol. The maximum Gasteiger partial charge on any atom is 0.309 e. The van der Waals surface area contributed by atoms with Crippen LogP contribution in [0.1, 0.15) is 39.1 Å². The van der Waals surface area contributed by atoms with E-state index in [1.54, 1.807) is 30.3 Å². The molecule has 1 aliphatic carbocycles. The van der Waals surface area contributed by atoms with E-state index in [1.165, 1.54) is 24.5 Å². The van der Waals surface area contributed by atoms with Gasteiger partial charge in [-0.1, -0.05) is 60.7 Å². The van der Waals surface area contributed by atoms with Crippen LogP contribution in [0.4, 0.5) is 0 Å². The van der Waals surface area contributed by atoms with Crippen molar-refractivity contribution in [1.82, 2.24) is 25.7 Å². The van der Waals surface area contributed by atoms with Crippen LogP contribution in [0.3, 0.4) is 0 Å². The zero-order chi connectivity index (χ0) is 27.2. The van der Waals surface area contributed by atoms with Gasteiger partial charge in [-0.2, -0.15) is 5.10 Å². The molecule has 4 aromatic rings. The van der Waals surface area contributed by atoms with E-state index in [4.69, 9.17) is 0 Å². The van der Waals surface area contributed by atoms with E-state index < -0.39 is 17.4 Å². The second-order valence-electron chi connectivity index (χ2n) is 9.34. The largest absolute Gasteiger partial charge is 0.344 e. The number of benzene rings is 3. The molecule has 196 valence electrons. The molecule has 0 radical (unpaired) electrons. The summed E-state index contributed by atoms with van der Waals surface area (Å²) >= 11 is 0. The van der Waals surface area contributed by atoms with Crippen LogP contribution >= 0.6 is 0 Å². The van der Waals surface area contributed by atoms with E-state index in [1.807, 2.05) is 12.1 Å². The average Bonchev–Trinajstić information content (AvgIpc) is 3.52. The third kappa shape index (κ3) is 5.93. The Morgan fingerprint density at radius 1 is 0.872 bits per heavy atom. The van der Waals surface area contributed by atoms with Gasteiger partial charge >= 0.3 is 11.8 Å². The predicted octanol–water partition coefficient (Wildman–Crippen LogP) is 3.08. The topological polar surface area (TPSA) is 122 Å². The lowest BCUT2D eigenvalue weighted by molar-refractivity contribution is -0.139. The fraction of sp³-hybridized carbons (Fsp3) is 0.167. The summed E-state index contributed by atoms with van der Waals surface area (Å²) in [4.78, 5) is 49.6. The van der Waals surface area contributed by atoms with Crippen LogP contribution in [0.25, 0.3) is 10.8 Å². The summed E-state index contributed by atoms with van der Waals surface area (Å²) in [6.07, 6.45) is 7.36. The lowest BCUT2D eigenvalue weighted by atomic mass is 9.99. The minimum Gasteiger partial charge on any atom is -0.344 e. The van der Waals surface area contributed by atoms with E-state index in [9.17, 15) is 19.2 Å². The first-order chi connectivity index (χ1) is 18.9. The molecule has 1 aromatic heterocycles. The normalized spacial score (nSPS) is 13.6. The minimum atomic E-state index is -0.846. The molecular weight excluding hydrogens is 494 g/mol. The monoisotopic (exact) mass is 521 g/mol. The van der Waals surface area contributed by atoms with Crippen molar-refractivity contribution in [1.29, 1.82) is 0 Å². The highest BCUT2D eigenvalue weighted by atomic mass is 16.2. The van der Waals surface area contributed by atoms with Gasteiger partial charge in [0, 0.05) is 37.1 Å². The SMILES string of the molecule is O=C(NC/C=C/C(=O)n1cccn1)C(=O)NCc1ccccc1C(=O)NC1(c2ccc3ccccc3c2)CC1. The number of aromatic nitrogens is 2. The fourth-order valence-corrected chi connectivity index (χ4v) is 4.40. The average molecular weight is 522 g/mol. The van der Waals surface area contributed by atoms with Crippen molar-refractivity contribution in [2.45, 2.75) is 24.9 Å². The molecule has 3 aromatic carbocycles. The number of fused-ring (bicyclic) bond motifs is 1. The van der Waals surface area contributed by atoms with Crippen molar-refractivity contribution in [3.8, 4) is 0 Å². The number of rotatable bonds is 8. The number of hydrogen-bond acceptors (Lipinski definition) is 5. The third-order valence-corrected chi connectivity index (χ3v) is 6.68. The molecule has 0 bridgehead atoms. The standard InChI is InChI=1S/C30H27N5O4/c36-26(35-18-6-17-33-35)11-5-16-31-28(38)29(39)32-20-23-9-3-4-10-25(23)27(37)34-30(14-15-30)24-13-12-21-7-1-2-8-22(21)19-24/h1-13,17-19H,14-16,20H2,(H,31,38)(H,32,39)(H,34,37)/b11-5+. The van der Waals surface area contributed by atoms with Crippen molar-refractivity contribution in [2.24, 2.45) is 0 Å². The van der Waals surface area contributed by atoms with Gasteiger partial charge in [-0.3, -0.25) is 19.2 Å². The van der Waals surface area contributed by atoms with Gasteiger partial charge in [0.2, 0.25) is 0 Å². The molecule has 0 unspecified atom stereocenters. The maximum absolute atomic E-state index is 13.3. The van der Waals surface area contributed by atoms with Crippen LogP contribution in [0.5, 0.6) is 0 Å². The molecular formula is C30H27N5O4. The molecule has 1 saturated carbocycles. The van der Waals surface area contributed by atoms with Gasteiger partial charge in [0.1, 0.15) is 0 Å². The highest BCUT2D eigenvalue weighted by Gasteiger charge is 2.46. The van der Waals surface area contributed by atoms with Crippen molar-refractivity contribution in [3.05, 3.63) is 114 Å². The zero-order valence-electron chi connectivity index (χ0n) is 21.1. The molecule has 1 aliphatic rings. The lowest BCUT2D eigenvalue weighted by Crippen LogP contribution is -2.40. The Morgan fingerprint density at radius 2 is 1.62 bits per heavy atom. The quantitative estimate of drug-likeness (QED) is 0.243. The molecule has 39 heavy (non-hydrogen) atoms. The van der Waals surface area contributed by atoms with Crippen LogP contribution < -0.4 is 16.0 Å². The van der Waals surface area contributed by atoms with E-state index in [2.05, 4.69) is 51.4 Å². The van der Waals surface area contributed by atoms with Gasteiger partial charge in [-0.05, 0) is 52.9 Å². The molecule has 0 saturated heterocycles. The molecule has 0 spiro atoms. The molecule has 0 aliphatic heterocycles. The fourth-order valence-electron chi connectivity index (χ4n) is 4.40. The molecule has 0 atom stereocenters. The van der Waals surface area contributed by atoms with Crippen molar-refractivity contribution < 1.29 is 19.2 Å². The molecule has 9 nitrogen and oxygen atoms in total. The Balaban J connectivity index is 1.16. The van der Waals surface area contributed by atoms with E-state index in [0.29, 0.717) is 11.1 Å². The molecule has 3 N–H and O–H groups in total. The van der Waals surface area contributed by atoms with E-state index in [-0.39, 0.29) is 24.9 Å². The lowest BCUT2D eigenvalue weighted by Gasteiger charge is -2.20. The van der Waals surface area contributed by atoms with Gasteiger partial charge in [0.15, 0.2) is 0 Å². The second kappa shape index (κ2) is 11.1. The van der Waals surface area contributed by atoms with Crippen LogP contribution in [0, 0.1) is 0 Å². The molecule has 1 fully saturated rings. The van der Waals surface area contributed by atoms with E-state index >= 15 is 0 Å². The minimum absolute atomic E-state index is 0.00485. The number of nitrogens with one attached hydrogen (secondary N) is 3. The number of carbonyl (C=O) groups is 4. The zero-order valence-corrected chi connectivity index (χ0v) is 21.1. The summed E-state index contributed by atoms with van der Waals surface area (Å²) in [5, 5.41) is 14.3. The summed E-state index contributed by atoms with van der Waals surface area (Å²) in [7, 11) is 0. The van der Waals surface area contributed by atoms with Crippen LogP contribution in [0.2, 0.25) is 0 Å². The summed E-state index contributed by atoms with van der Waals surface area (Å²) in [6.45, 7) is 0.00154. The van der Waals surface area contributed by atoms with Crippen LogP contribution in [-0.4, -0.2) is 40.0 Å². The number of nitrogens with zero attached hydrogens (tertiary/aromatic N) is 2. The van der Waals surface area contributed by atoms with Crippen LogP contribution in [0.15, 0.2) is 97.3 Å².